The largest absolute Gasteiger partial charge is 0.481 e. The summed E-state index contributed by atoms with van der Waals surface area (Å²) in [7, 11) is 0. The van der Waals surface area contributed by atoms with E-state index in [-0.39, 0.29) is 12.3 Å². The van der Waals surface area contributed by atoms with Gasteiger partial charge in [-0.3, -0.25) is 9.78 Å². The van der Waals surface area contributed by atoms with E-state index in [2.05, 4.69) is 4.98 Å². The minimum atomic E-state index is -0.827. The number of pyridine rings is 1. The lowest BCUT2D eigenvalue weighted by molar-refractivity contribution is -0.137. The first kappa shape index (κ1) is 11.5. The molecule has 2 rings (SSSR count). The van der Waals surface area contributed by atoms with E-state index in [0.717, 1.165) is 16.3 Å². The number of aromatic nitrogens is 1. The molecule has 0 saturated heterocycles. The van der Waals surface area contributed by atoms with Crippen LogP contribution in [-0.4, -0.2) is 22.6 Å². The lowest BCUT2D eigenvalue weighted by Crippen LogP contribution is -2.16. The molecule has 0 aliphatic rings. The maximum Gasteiger partial charge on any atom is 0.304 e. The van der Waals surface area contributed by atoms with Crippen LogP contribution < -0.4 is 5.73 Å². The Morgan fingerprint density at radius 2 is 2.24 bits per heavy atom. The highest BCUT2D eigenvalue weighted by atomic mass is 16.4. The summed E-state index contributed by atoms with van der Waals surface area (Å²) in [6, 6.07) is 7.70. The molecule has 4 heteroatoms. The van der Waals surface area contributed by atoms with Crippen LogP contribution in [0.1, 0.15) is 17.9 Å². The van der Waals surface area contributed by atoms with Crippen LogP contribution in [0.3, 0.4) is 0 Å². The number of hydrogen-bond donors (Lipinski definition) is 2. The van der Waals surface area contributed by atoms with Crippen LogP contribution in [0.25, 0.3) is 10.8 Å². The molecule has 1 unspecified atom stereocenters. The van der Waals surface area contributed by atoms with E-state index in [0.29, 0.717) is 6.54 Å². The topological polar surface area (TPSA) is 76.2 Å². The van der Waals surface area contributed by atoms with Crippen LogP contribution in [-0.2, 0) is 4.79 Å². The maximum atomic E-state index is 10.8. The highest BCUT2D eigenvalue weighted by Crippen LogP contribution is 2.26. The Morgan fingerprint density at radius 3 is 2.94 bits per heavy atom. The van der Waals surface area contributed by atoms with Crippen LogP contribution in [0.15, 0.2) is 36.7 Å². The van der Waals surface area contributed by atoms with Crippen molar-refractivity contribution in [3.05, 3.63) is 42.2 Å². The molecule has 2 aromatic rings. The molecule has 4 nitrogen and oxygen atoms in total. The lowest BCUT2D eigenvalue weighted by Gasteiger charge is -2.15. The Morgan fingerprint density at radius 1 is 1.41 bits per heavy atom. The number of rotatable bonds is 4. The molecule has 0 bridgehead atoms. The zero-order chi connectivity index (χ0) is 12.3. The molecule has 0 aliphatic heterocycles. The van der Waals surface area contributed by atoms with Gasteiger partial charge in [-0.15, -0.1) is 0 Å². The second kappa shape index (κ2) is 4.93. The zero-order valence-corrected chi connectivity index (χ0v) is 9.34. The van der Waals surface area contributed by atoms with Gasteiger partial charge in [-0.25, -0.2) is 0 Å². The van der Waals surface area contributed by atoms with E-state index in [9.17, 15) is 4.79 Å². The number of carbonyl (C=O) groups is 1. The molecule has 1 atom stereocenters. The average Bonchev–Trinajstić information content (AvgIpc) is 2.35. The number of benzene rings is 1. The second-order valence-electron chi connectivity index (χ2n) is 3.97. The van der Waals surface area contributed by atoms with Gasteiger partial charge in [-0.05, 0) is 23.6 Å². The predicted molar refractivity (Wildman–Crippen MR) is 65.8 cm³/mol. The minimum Gasteiger partial charge on any atom is -0.481 e. The van der Waals surface area contributed by atoms with Gasteiger partial charge in [-0.2, -0.15) is 0 Å². The van der Waals surface area contributed by atoms with E-state index >= 15 is 0 Å². The van der Waals surface area contributed by atoms with Crippen molar-refractivity contribution in [3.63, 3.8) is 0 Å². The van der Waals surface area contributed by atoms with Gasteiger partial charge in [0.1, 0.15) is 0 Å². The summed E-state index contributed by atoms with van der Waals surface area (Å²) in [5, 5.41) is 10.9. The van der Waals surface area contributed by atoms with Crippen LogP contribution in [0.4, 0.5) is 0 Å². The van der Waals surface area contributed by atoms with Crippen molar-refractivity contribution in [2.24, 2.45) is 5.73 Å². The van der Waals surface area contributed by atoms with Gasteiger partial charge in [0, 0.05) is 23.7 Å². The molecular formula is C13H14N2O2. The quantitative estimate of drug-likeness (QED) is 0.839. The fourth-order valence-electron chi connectivity index (χ4n) is 2.03. The fraction of sp³-hybridized carbons (Fsp3) is 0.231. The summed E-state index contributed by atoms with van der Waals surface area (Å²) in [6.45, 7) is 0.327. The van der Waals surface area contributed by atoms with E-state index in [1.54, 1.807) is 12.4 Å². The highest BCUT2D eigenvalue weighted by molar-refractivity contribution is 5.85. The number of aliphatic carboxylic acids is 1. The molecular weight excluding hydrogens is 216 g/mol. The smallest absolute Gasteiger partial charge is 0.304 e. The first-order chi connectivity index (χ1) is 8.22. The third-order valence-corrected chi connectivity index (χ3v) is 2.86. The molecule has 1 aromatic carbocycles. The third kappa shape index (κ3) is 2.42. The number of nitrogens with zero attached hydrogens (tertiary/aromatic N) is 1. The predicted octanol–water partition coefficient (Wildman–Crippen LogP) is 1.75. The maximum absolute atomic E-state index is 10.8. The Hall–Kier alpha value is -1.94. The van der Waals surface area contributed by atoms with Crippen LogP contribution in [0.2, 0.25) is 0 Å². The summed E-state index contributed by atoms with van der Waals surface area (Å²) in [5.41, 5.74) is 6.65. The first-order valence-corrected chi connectivity index (χ1v) is 5.47. The molecule has 0 spiro atoms. The van der Waals surface area contributed by atoms with E-state index in [1.807, 2.05) is 24.3 Å². The number of carboxylic acids is 1. The van der Waals surface area contributed by atoms with Crippen molar-refractivity contribution in [2.45, 2.75) is 12.3 Å². The van der Waals surface area contributed by atoms with Crippen LogP contribution in [0, 0.1) is 0 Å². The van der Waals surface area contributed by atoms with E-state index in [4.69, 9.17) is 10.8 Å². The van der Waals surface area contributed by atoms with E-state index < -0.39 is 5.97 Å². The summed E-state index contributed by atoms with van der Waals surface area (Å²) >= 11 is 0. The molecule has 0 aliphatic carbocycles. The fourth-order valence-corrected chi connectivity index (χ4v) is 2.03. The van der Waals surface area contributed by atoms with E-state index in [1.165, 1.54) is 0 Å². The highest BCUT2D eigenvalue weighted by Gasteiger charge is 2.16. The Kier molecular flexibility index (Phi) is 3.35. The first-order valence-electron chi connectivity index (χ1n) is 5.47. The average molecular weight is 230 g/mol. The van der Waals surface area contributed by atoms with Crippen molar-refractivity contribution in [1.29, 1.82) is 0 Å². The van der Waals surface area contributed by atoms with Gasteiger partial charge < -0.3 is 10.8 Å². The Labute approximate surface area is 99.1 Å². The van der Waals surface area contributed by atoms with Crippen LogP contribution >= 0.6 is 0 Å². The molecule has 0 saturated carbocycles. The van der Waals surface area contributed by atoms with Crippen LogP contribution in [0.5, 0.6) is 0 Å². The number of fused-ring (bicyclic) bond motifs is 1. The normalized spacial score (nSPS) is 12.5. The summed E-state index contributed by atoms with van der Waals surface area (Å²) in [6.07, 6.45) is 3.53. The van der Waals surface area contributed by atoms with Gasteiger partial charge in [0.2, 0.25) is 0 Å². The van der Waals surface area contributed by atoms with Gasteiger partial charge in [-0.1, -0.05) is 18.2 Å². The number of carboxylic acid groups (broad SMARTS) is 1. The third-order valence-electron chi connectivity index (χ3n) is 2.86. The monoisotopic (exact) mass is 230 g/mol. The number of nitrogens with two attached hydrogens (primary N) is 1. The molecule has 1 aromatic heterocycles. The summed E-state index contributed by atoms with van der Waals surface area (Å²) in [4.78, 5) is 14.9. The second-order valence-corrected chi connectivity index (χ2v) is 3.97. The molecule has 17 heavy (non-hydrogen) atoms. The minimum absolute atomic E-state index is 0.0535. The molecule has 0 amide bonds. The SMILES string of the molecule is NCC(CC(=O)O)c1cccc2cnccc12. The Balaban J connectivity index is 2.49. The van der Waals surface area contributed by atoms with Gasteiger partial charge >= 0.3 is 5.97 Å². The molecule has 88 valence electrons. The molecule has 0 radical (unpaired) electrons. The van der Waals surface area contributed by atoms with Crippen molar-refractivity contribution in [2.75, 3.05) is 6.54 Å². The van der Waals surface area contributed by atoms with Crippen molar-refractivity contribution in [1.82, 2.24) is 4.98 Å². The summed E-state index contributed by atoms with van der Waals surface area (Å²) < 4.78 is 0. The van der Waals surface area contributed by atoms with Gasteiger partial charge in [0.15, 0.2) is 0 Å². The molecule has 3 N–H and O–H groups in total. The Bertz CT molecular complexity index is 534. The number of hydrogen-bond acceptors (Lipinski definition) is 3. The summed E-state index contributed by atoms with van der Waals surface area (Å²) in [5.74, 6) is -0.981. The lowest BCUT2D eigenvalue weighted by atomic mass is 9.92. The van der Waals surface area contributed by atoms with Gasteiger partial charge in [0.25, 0.3) is 0 Å². The standard InChI is InChI=1S/C13H14N2O2/c14-7-10(6-13(16)17)11-3-1-2-9-8-15-5-4-12(9)11/h1-5,8,10H,6-7,14H2,(H,16,17). The van der Waals surface area contributed by atoms with Gasteiger partial charge in [0.05, 0.1) is 6.42 Å². The van der Waals surface area contributed by atoms with Crippen molar-refractivity contribution < 1.29 is 9.90 Å². The molecule has 0 fully saturated rings. The van der Waals surface area contributed by atoms with Crippen molar-refractivity contribution >= 4 is 16.7 Å². The molecule has 1 heterocycles. The zero-order valence-electron chi connectivity index (χ0n) is 9.34. The van der Waals surface area contributed by atoms with Crippen molar-refractivity contribution in [3.8, 4) is 0 Å².